The lowest BCUT2D eigenvalue weighted by molar-refractivity contribution is 0.100. The third kappa shape index (κ3) is 2.18. The van der Waals surface area contributed by atoms with E-state index >= 15 is 0 Å². The summed E-state index contributed by atoms with van der Waals surface area (Å²) in [5, 5.41) is 0. The highest BCUT2D eigenvalue weighted by atomic mass is 16.1. The Kier molecular flexibility index (Phi) is 3.19. The van der Waals surface area contributed by atoms with Crippen LogP contribution in [0.4, 0.5) is 0 Å². The molecule has 86 valence electrons. The molecule has 0 unspecified atom stereocenters. The van der Waals surface area contributed by atoms with E-state index < -0.39 is 5.91 Å². The number of pyridine rings is 1. The van der Waals surface area contributed by atoms with Crippen molar-refractivity contribution in [3.05, 3.63) is 53.9 Å². The molecule has 0 radical (unpaired) electrons. The van der Waals surface area contributed by atoms with Crippen molar-refractivity contribution in [2.45, 2.75) is 13.3 Å². The third-order valence-corrected chi connectivity index (χ3v) is 2.77. The van der Waals surface area contributed by atoms with E-state index in [1.54, 1.807) is 18.5 Å². The Morgan fingerprint density at radius 1 is 1.24 bits per heavy atom. The summed E-state index contributed by atoms with van der Waals surface area (Å²) in [4.78, 5) is 15.5. The largest absolute Gasteiger partial charge is 0.366 e. The molecule has 2 N–H and O–H groups in total. The molecular formula is C14H14N2O. The SMILES string of the molecule is CCc1ccccc1-c1cnccc1C(N)=O. The zero-order valence-corrected chi connectivity index (χ0v) is 9.68. The highest BCUT2D eigenvalue weighted by Crippen LogP contribution is 2.26. The van der Waals surface area contributed by atoms with Crippen molar-refractivity contribution in [1.82, 2.24) is 4.98 Å². The van der Waals surface area contributed by atoms with Gasteiger partial charge in [-0.05, 0) is 23.6 Å². The molecule has 3 heteroatoms. The van der Waals surface area contributed by atoms with Crippen LogP contribution in [0.2, 0.25) is 0 Å². The summed E-state index contributed by atoms with van der Waals surface area (Å²) >= 11 is 0. The van der Waals surface area contributed by atoms with E-state index in [4.69, 9.17) is 5.73 Å². The number of hydrogen-bond acceptors (Lipinski definition) is 2. The predicted octanol–water partition coefficient (Wildman–Crippen LogP) is 2.41. The zero-order chi connectivity index (χ0) is 12.3. The van der Waals surface area contributed by atoms with Gasteiger partial charge in [-0.3, -0.25) is 9.78 Å². The van der Waals surface area contributed by atoms with Gasteiger partial charge in [-0.25, -0.2) is 0 Å². The molecule has 0 saturated carbocycles. The first-order valence-electron chi connectivity index (χ1n) is 5.56. The second-order valence-electron chi connectivity index (χ2n) is 3.80. The first-order valence-corrected chi connectivity index (χ1v) is 5.56. The van der Waals surface area contributed by atoms with Crippen LogP contribution < -0.4 is 5.73 Å². The van der Waals surface area contributed by atoms with E-state index in [1.807, 2.05) is 24.3 Å². The number of rotatable bonds is 3. The van der Waals surface area contributed by atoms with Crippen molar-refractivity contribution in [3.8, 4) is 11.1 Å². The molecule has 2 aromatic rings. The van der Waals surface area contributed by atoms with Gasteiger partial charge in [-0.1, -0.05) is 31.2 Å². The first kappa shape index (κ1) is 11.3. The Morgan fingerprint density at radius 3 is 2.71 bits per heavy atom. The summed E-state index contributed by atoms with van der Waals surface area (Å²) in [6, 6.07) is 9.63. The molecule has 0 fully saturated rings. The Labute approximate surface area is 100 Å². The van der Waals surface area contributed by atoms with E-state index in [-0.39, 0.29) is 0 Å². The summed E-state index contributed by atoms with van der Waals surface area (Å²) in [6.07, 6.45) is 4.18. The molecule has 2 rings (SSSR count). The standard InChI is InChI=1S/C14H14N2O/c1-2-10-5-3-4-6-11(10)13-9-16-8-7-12(13)14(15)17/h3-9H,2H2,1H3,(H2,15,17). The average molecular weight is 226 g/mol. The van der Waals surface area contributed by atoms with Crippen LogP contribution in [-0.4, -0.2) is 10.9 Å². The van der Waals surface area contributed by atoms with E-state index in [2.05, 4.69) is 11.9 Å². The predicted molar refractivity (Wildman–Crippen MR) is 67.6 cm³/mol. The highest BCUT2D eigenvalue weighted by Gasteiger charge is 2.11. The molecule has 0 atom stereocenters. The van der Waals surface area contributed by atoms with Gasteiger partial charge in [-0.2, -0.15) is 0 Å². The van der Waals surface area contributed by atoms with Gasteiger partial charge in [0.1, 0.15) is 0 Å². The molecule has 0 aliphatic heterocycles. The van der Waals surface area contributed by atoms with Crippen molar-refractivity contribution in [3.63, 3.8) is 0 Å². The van der Waals surface area contributed by atoms with Crippen LogP contribution in [0.25, 0.3) is 11.1 Å². The van der Waals surface area contributed by atoms with Crippen LogP contribution in [0, 0.1) is 0 Å². The minimum atomic E-state index is -0.423. The molecule has 1 heterocycles. The normalized spacial score (nSPS) is 10.2. The Hall–Kier alpha value is -2.16. The number of hydrogen-bond donors (Lipinski definition) is 1. The number of carbonyl (C=O) groups excluding carboxylic acids is 1. The fourth-order valence-electron chi connectivity index (χ4n) is 1.92. The van der Waals surface area contributed by atoms with Crippen molar-refractivity contribution < 1.29 is 4.79 Å². The summed E-state index contributed by atoms with van der Waals surface area (Å²) in [5.74, 6) is -0.423. The summed E-state index contributed by atoms with van der Waals surface area (Å²) in [5.41, 5.74) is 8.90. The lowest BCUT2D eigenvalue weighted by Crippen LogP contribution is -2.12. The maximum Gasteiger partial charge on any atom is 0.249 e. The van der Waals surface area contributed by atoms with Gasteiger partial charge in [0.15, 0.2) is 0 Å². The van der Waals surface area contributed by atoms with E-state index in [0.29, 0.717) is 5.56 Å². The summed E-state index contributed by atoms with van der Waals surface area (Å²) < 4.78 is 0. The van der Waals surface area contributed by atoms with Crippen LogP contribution in [0.1, 0.15) is 22.8 Å². The molecule has 3 nitrogen and oxygen atoms in total. The number of nitrogens with two attached hydrogens (primary N) is 1. The lowest BCUT2D eigenvalue weighted by atomic mass is 9.96. The van der Waals surface area contributed by atoms with Crippen molar-refractivity contribution in [2.75, 3.05) is 0 Å². The summed E-state index contributed by atoms with van der Waals surface area (Å²) in [7, 11) is 0. The highest BCUT2D eigenvalue weighted by molar-refractivity contribution is 5.99. The number of nitrogens with zero attached hydrogens (tertiary/aromatic N) is 1. The maximum absolute atomic E-state index is 11.4. The number of benzene rings is 1. The number of carbonyl (C=O) groups is 1. The van der Waals surface area contributed by atoms with Crippen molar-refractivity contribution in [1.29, 1.82) is 0 Å². The first-order chi connectivity index (χ1) is 8.24. The zero-order valence-electron chi connectivity index (χ0n) is 9.68. The van der Waals surface area contributed by atoms with Crippen LogP contribution >= 0.6 is 0 Å². The van der Waals surface area contributed by atoms with Gasteiger partial charge in [0.25, 0.3) is 0 Å². The Balaban J connectivity index is 2.64. The fourth-order valence-corrected chi connectivity index (χ4v) is 1.92. The van der Waals surface area contributed by atoms with E-state index in [1.165, 1.54) is 5.56 Å². The molecule has 1 aromatic carbocycles. The van der Waals surface area contributed by atoms with Gasteiger partial charge in [-0.15, -0.1) is 0 Å². The molecule has 17 heavy (non-hydrogen) atoms. The second-order valence-corrected chi connectivity index (χ2v) is 3.80. The Bertz CT molecular complexity index is 549. The van der Waals surface area contributed by atoms with E-state index in [0.717, 1.165) is 17.5 Å². The molecule has 0 aliphatic carbocycles. The summed E-state index contributed by atoms with van der Waals surface area (Å²) in [6.45, 7) is 2.08. The maximum atomic E-state index is 11.4. The number of amides is 1. The van der Waals surface area contributed by atoms with Crippen LogP contribution in [0.15, 0.2) is 42.7 Å². The monoisotopic (exact) mass is 226 g/mol. The number of aromatic nitrogens is 1. The number of primary amides is 1. The van der Waals surface area contributed by atoms with E-state index in [9.17, 15) is 4.79 Å². The molecule has 0 aliphatic rings. The average Bonchev–Trinajstić information content (AvgIpc) is 2.38. The molecule has 1 aromatic heterocycles. The minimum absolute atomic E-state index is 0.423. The van der Waals surface area contributed by atoms with Crippen LogP contribution in [-0.2, 0) is 6.42 Å². The van der Waals surface area contributed by atoms with Crippen molar-refractivity contribution >= 4 is 5.91 Å². The van der Waals surface area contributed by atoms with Crippen LogP contribution in [0.3, 0.4) is 0 Å². The van der Waals surface area contributed by atoms with Gasteiger partial charge in [0.05, 0.1) is 0 Å². The quantitative estimate of drug-likeness (QED) is 0.873. The van der Waals surface area contributed by atoms with Gasteiger partial charge < -0.3 is 5.73 Å². The van der Waals surface area contributed by atoms with Gasteiger partial charge >= 0.3 is 0 Å². The van der Waals surface area contributed by atoms with Gasteiger partial charge in [0.2, 0.25) is 5.91 Å². The third-order valence-electron chi connectivity index (χ3n) is 2.77. The topological polar surface area (TPSA) is 56.0 Å². The molecule has 0 bridgehead atoms. The van der Waals surface area contributed by atoms with Gasteiger partial charge in [0, 0.05) is 23.5 Å². The lowest BCUT2D eigenvalue weighted by Gasteiger charge is -2.10. The molecule has 1 amide bonds. The smallest absolute Gasteiger partial charge is 0.249 e. The molecular weight excluding hydrogens is 212 g/mol. The number of aryl methyl sites for hydroxylation is 1. The minimum Gasteiger partial charge on any atom is -0.366 e. The Morgan fingerprint density at radius 2 is 2.00 bits per heavy atom. The second kappa shape index (κ2) is 4.78. The van der Waals surface area contributed by atoms with Crippen molar-refractivity contribution in [2.24, 2.45) is 5.73 Å². The fraction of sp³-hybridized carbons (Fsp3) is 0.143. The molecule has 0 saturated heterocycles. The molecule has 0 spiro atoms. The van der Waals surface area contributed by atoms with Crippen LogP contribution in [0.5, 0.6) is 0 Å².